The van der Waals surface area contributed by atoms with Crippen molar-refractivity contribution < 1.29 is 9.90 Å². The third-order valence-corrected chi connectivity index (χ3v) is 3.23. The molecule has 17 heavy (non-hydrogen) atoms. The SMILES string of the molecule is CN(C(=O)CC(N)C1CC1)c1cccc(O)c1. The third kappa shape index (κ3) is 2.97. The van der Waals surface area contributed by atoms with Crippen LogP contribution in [0.2, 0.25) is 0 Å². The van der Waals surface area contributed by atoms with Gasteiger partial charge in [0.05, 0.1) is 0 Å². The number of hydrogen-bond acceptors (Lipinski definition) is 3. The van der Waals surface area contributed by atoms with Gasteiger partial charge in [0.1, 0.15) is 5.75 Å². The first-order valence-corrected chi connectivity index (χ1v) is 5.89. The van der Waals surface area contributed by atoms with Gasteiger partial charge in [-0.1, -0.05) is 6.07 Å². The number of carbonyl (C=O) groups is 1. The van der Waals surface area contributed by atoms with Gasteiger partial charge in [-0.3, -0.25) is 4.79 Å². The summed E-state index contributed by atoms with van der Waals surface area (Å²) in [4.78, 5) is 13.5. The lowest BCUT2D eigenvalue weighted by atomic mass is 10.1. The van der Waals surface area contributed by atoms with Crippen LogP contribution < -0.4 is 10.6 Å². The number of hydrogen-bond donors (Lipinski definition) is 2. The first kappa shape index (κ1) is 11.9. The first-order chi connectivity index (χ1) is 8.08. The van der Waals surface area contributed by atoms with Gasteiger partial charge in [-0.25, -0.2) is 0 Å². The molecule has 0 aromatic heterocycles. The number of carbonyl (C=O) groups excluding carboxylic acids is 1. The van der Waals surface area contributed by atoms with E-state index in [-0.39, 0.29) is 17.7 Å². The molecule has 1 atom stereocenters. The summed E-state index contributed by atoms with van der Waals surface area (Å²) in [5.41, 5.74) is 6.62. The molecule has 3 N–H and O–H groups in total. The Labute approximate surface area is 101 Å². The highest BCUT2D eigenvalue weighted by molar-refractivity contribution is 5.93. The van der Waals surface area contributed by atoms with Gasteiger partial charge in [-0.2, -0.15) is 0 Å². The molecule has 4 nitrogen and oxygen atoms in total. The van der Waals surface area contributed by atoms with Gasteiger partial charge in [0.25, 0.3) is 0 Å². The number of anilines is 1. The fraction of sp³-hybridized carbons (Fsp3) is 0.462. The minimum Gasteiger partial charge on any atom is -0.508 e. The minimum atomic E-state index is -0.0257. The summed E-state index contributed by atoms with van der Waals surface area (Å²) in [7, 11) is 1.71. The molecule has 2 rings (SSSR count). The molecule has 1 saturated carbocycles. The molecule has 0 aliphatic heterocycles. The molecule has 1 amide bonds. The van der Waals surface area contributed by atoms with Gasteiger partial charge < -0.3 is 15.7 Å². The van der Waals surface area contributed by atoms with E-state index in [1.165, 1.54) is 0 Å². The second kappa shape index (κ2) is 4.75. The number of nitrogens with zero attached hydrogens (tertiary/aromatic N) is 1. The predicted molar refractivity (Wildman–Crippen MR) is 66.8 cm³/mol. The topological polar surface area (TPSA) is 66.6 Å². The van der Waals surface area contributed by atoms with Crippen molar-refractivity contribution in [3.05, 3.63) is 24.3 Å². The summed E-state index contributed by atoms with van der Waals surface area (Å²) in [6.45, 7) is 0. The zero-order valence-electron chi connectivity index (χ0n) is 9.97. The molecule has 0 saturated heterocycles. The number of phenolic OH excluding ortho intramolecular Hbond substituents is 1. The second-order valence-corrected chi connectivity index (χ2v) is 4.68. The van der Waals surface area contributed by atoms with Gasteiger partial charge in [0.2, 0.25) is 5.91 Å². The van der Waals surface area contributed by atoms with E-state index in [0.29, 0.717) is 18.0 Å². The predicted octanol–water partition coefficient (Wildman–Crippen LogP) is 1.48. The van der Waals surface area contributed by atoms with Crippen LogP contribution in [0.1, 0.15) is 19.3 Å². The molecule has 1 unspecified atom stereocenters. The van der Waals surface area contributed by atoms with E-state index < -0.39 is 0 Å². The van der Waals surface area contributed by atoms with Crippen molar-refractivity contribution in [2.45, 2.75) is 25.3 Å². The Hall–Kier alpha value is -1.55. The highest BCUT2D eigenvalue weighted by Crippen LogP contribution is 2.33. The van der Waals surface area contributed by atoms with Gasteiger partial charge >= 0.3 is 0 Å². The lowest BCUT2D eigenvalue weighted by molar-refractivity contribution is -0.118. The molecule has 0 heterocycles. The fourth-order valence-electron chi connectivity index (χ4n) is 1.88. The quantitative estimate of drug-likeness (QED) is 0.829. The third-order valence-electron chi connectivity index (χ3n) is 3.23. The fourth-order valence-corrected chi connectivity index (χ4v) is 1.88. The number of nitrogens with two attached hydrogens (primary N) is 1. The second-order valence-electron chi connectivity index (χ2n) is 4.68. The van der Waals surface area contributed by atoms with Crippen LogP contribution in [0.5, 0.6) is 5.75 Å². The normalized spacial score (nSPS) is 16.6. The molecule has 4 heteroatoms. The molecule has 0 bridgehead atoms. The van der Waals surface area contributed by atoms with E-state index >= 15 is 0 Å². The first-order valence-electron chi connectivity index (χ1n) is 5.89. The molecule has 92 valence electrons. The molecular weight excluding hydrogens is 216 g/mol. The Morgan fingerprint density at radius 2 is 2.29 bits per heavy atom. The largest absolute Gasteiger partial charge is 0.508 e. The van der Waals surface area contributed by atoms with Crippen molar-refractivity contribution in [3.63, 3.8) is 0 Å². The number of phenols is 1. The number of rotatable bonds is 4. The average molecular weight is 234 g/mol. The number of aromatic hydroxyl groups is 1. The van der Waals surface area contributed by atoms with Gasteiger partial charge in [-0.15, -0.1) is 0 Å². The molecule has 0 spiro atoms. The smallest absolute Gasteiger partial charge is 0.228 e. The van der Waals surface area contributed by atoms with E-state index in [4.69, 9.17) is 5.73 Å². The summed E-state index contributed by atoms with van der Waals surface area (Å²) in [6.07, 6.45) is 2.66. The molecule has 1 aliphatic rings. The van der Waals surface area contributed by atoms with Crippen LogP contribution in [-0.4, -0.2) is 24.1 Å². The van der Waals surface area contributed by atoms with Crippen LogP contribution in [0.4, 0.5) is 5.69 Å². The van der Waals surface area contributed by atoms with E-state index in [1.807, 2.05) is 0 Å². The Morgan fingerprint density at radius 1 is 1.59 bits per heavy atom. The zero-order chi connectivity index (χ0) is 12.4. The summed E-state index contributed by atoms with van der Waals surface area (Å²) < 4.78 is 0. The monoisotopic (exact) mass is 234 g/mol. The molecule has 1 aromatic rings. The Bertz CT molecular complexity index is 416. The lowest BCUT2D eigenvalue weighted by Gasteiger charge is -2.19. The van der Waals surface area contributed by atoms with E-state index in [0.717, 1.165) is 12.8 Å². The average Bonchev–Trinajstić information content (AvgIpc) is 3.11. The minimum absolute atomic E-state index is 0.00463. The van der Waals surface area contributed by atoms with Crippen LogP contribution in [0.25, 0.3) is 0 Å². The number of benzene rings is 1. The molecule has 1 aliphatic carbocycles. The van der Waals surface area contributed by atoms with E-state index in [1.54, 1.807) is 36.2 Å². The van der Waals surface area contributed by atoms with Gasteiger partial charge in [0.15, 0.2) is 0 Å². The van der Waals surface area contributed by atoms with Gasteiger partial charge in [0, 0.05) is 31.3 Å². The maximum atomic E-state index is 12.0. The Morgan fingerprint density at radius 3 is 2.88 bits per heavy atom. The van der Waals surface area contributed by atoms with Crippen molar-refractivity contribution >= 4 is 11.6 Å². The maximum Gasteiger partial charge on any atom is 0.228 e. The van der Waals surface area contributed by atoms with E-state index in [9.17, 15) is 9.90 Å². The molecule has 0 radical (unpaired) electrons. The van der Waals surface area contributed by atoms with Crippen LogP contribution in [0.15, 0.2) is 24.3 Å². The lowest BCUT2D eigenvalue weighted by Crippen LogP contribution is -2.34. The summed E-state index contributed by atoms with van der Waals surface area (Å²) in [5, 5.41) is 9.36. The van der Waals surface area contributed by atoms with Crippen molar-refractivity contribution in [1.82, 2.24) is 0 Å². The highest BCUT2D eigenvalue weighted by Gasteiger charge is 2.30. The summed E-state index contributed by atoms with van der Waals surface area (Å²) in [5.74, 6) is 0.681. The molecule has 1 fully saturated rings. The Balaban J connectivity index is 1.98. The summed E-state index contributed by atoms with van der Waals surface area (Å²) in [6, 6.07) is 6.63. The van der Waals surface area contributed by atoms with Crippen LogP contribution in [-0.2, 0) is 4.79 Å². The zero-order valence-corrected chi connectivity index (χ0v) is 9.97. The number of amides is 1. The van der Waals surface area contributed by atoms with Crippen molar-refractivity contribution in [3.8, 4) is 5.75 Å². The van der Waals surface area contributed by atoms with Crippen LogP contribution >= 0.6 is 0 Å². The maximum absolute atomic E-state index is 12.0. The van der Waals surface area contributed by atoms with Crippen molar-refractivity contribution in [2.75, 3.05) is 11.9 Å². The molecule has 1 aromatic carbocycles. The van der Waals surface area contributed by atoms with Crippen LogP contribution in [0.3, 0.4) is 0 Å². The van der Waals surface area contributed by atoms with Crippen molar-refractivity contribution in [1.29, 1.82) is 0 Å². The van der Waals surface area contributed by atoms with Crippen LogP contribution in [0, 0.1) is 5.92 Å². The van der Waals surface area contributed by atoms with Crippen molar-refractivity contribution in [2.24, 2.45) is 11.7 Å². The van der Waals surface area contributed by atoms with E-state index in [2.05, 4.69) is 0 Å². The highest BCUT2D eigenvalue weighted by atomic mass is 16.3. The summed E-state index contributed by atoms with van der Waals surface area (Å²) >= 11 is 0. The Kier molecular flexibility index (Phi) is 3.33. The standard InChI is InChI=1S/C13H18N2O2/c1-15(10-3-2-4-11(16)7-10)13(17)8-12(14)9-5-6-9/h2-4,7,9,12,16H,5-6,8,14H2,1H3. The molecular formula is C13H18N2O2. The van der Waals surface area contributed by atoms with Gasteiger partial charge in [-0.05, 0) is 30.9 Å².